The van der Waals surface area contributed by atoms with Crippen LogP contribution in [0.25, 0.3) is 11.1 Å². The van der Waals surface area contributed by atoms with Crippen molar-refractivity contribution in [3.05, 3.63) is 95.6 Å². The van der Waals surface area contributed by atoms with Gasteiger partial charge in [0.2, 0.25) is 0 Å². The summed E-state index contributed by atoms with van der Waals surface area (Å²) in [7, 11) is 4.69. The number of halogens is 1. The fourth-order valence-corrected chi connectivity index (χ4v) is 4.09. The third-order valence-corrected chi connectivity index (χ3v) is 5.09. The van der Waals surface area contributed by atoms with Crippen LogP contribution in [0.15, 0.2) is 78.9 Å². The van der Waals surface area contributed by atoms with Gasteiger partial charge in [-0.15, -0.1) is 0 Å². The molecule has 128 valence electrons. The molecule has 3 aromatic carbocycles. The first-order chi connectivity index (χ1) is 11.6. The molecule has 0 aliphatic heterocycles. The monoisotopic (exact) mass is 349 g/mol. The van der Waals surface area contributed by atoms with E-state index in [1.165, 1.54) is 27.8 Å². The number of nitrogens with zero attached hydrogens (tertiary/aromatic N) is 1. The van der Waals surface area contributed by atoms with E-state index >= 15 is 0 Å². The van der Waals surface area contributed by atoms with Crippen molar-refractivity contribution in [3.8, 4) is 11.1 Å². The first-order valence-corrected chi connectivity index (χ1v) is 8.68. The van der Waals surface area contributed by atoms with E-state index in [1.807, 2.05) is 0 Å². The van der Waals surface area contributed by atoms with Crippen LogP contribution in [0.4, 0.5) is 0 Å². The maximum Gasteiger partial charge on any atom is 0.104 e. The Balaban J connectivity index is 0.00000182. The molecule has 0 spiro atoms. The third-order valence-electron chi connectivity index (χ3n) is 5.09. The zero-order chi connectivity index (χ0) is 16.6. The van der Waals surface area contributed by atoms with Crippen LogP contribution in [0.5, 0.6) is 0 Å². The van der Waals surface area contributed by atoms with Crippen LogP contribution in [-0.2, 0) is 6.54 Å². The lowest BCUT2D eigenvalue weighted by molar-refractivity contribution is -0.904. The van der Waals surface area contributed by atoms with E-state index < -0.39 is 0 Å². The van der Waals surface area contributed by atoms with Crippen molar-refractivity contribution in [1.29, 1.82) is 0 Å². The van der Waals surface area contributed by atoms with E-state index in [9.17, 15) is 0 Å². The quantitative estimate of drug-likeness (QED) is 0.633. The van der Waals surface area contributed by atoms with Gasteiger partial charge in [-0.3, -0.25) is 0 Å². The van der Waals surface area contributed by atoms with Crippen LogP contribution in [0.1, 0.15) is 22.6 Å². The molecule has 0 saturated carbocycles. The zero-order valence-electron chi connectivity index (χ0n) is 14.8. The van der Waals surface area contributed by atoms with Crippen molar-refractivity contribution in [3.63, 3.8) is 0 Å². The summed E-state index contributed by atoms with van der Waals surface area (Å²) in [4.78, 5) is 0. The molecular weight excluding hydrogens is 326 g/mol. The van der Waals surface area contributed by atoms with Gasteiger partial charge in [-0.1, -0.05) is 78.9 Å². The predicted octanol–water partition coefficient (Wildman–Crippen LogP) is 2.08. The van der Waals surface area contributed by atoms with E-state index in [2.05, 4.69) is 93.0 Å². The molecule has 0 heterocycles. The fourth-order valence-electron chi connectivity index (χ4n) is 4.09. The molecule has 1 aliphatic rings. The Bertz CT molecular complexity index is 809. The van der Waals surface area contributed by atoms with Crippen molar-refractivity contribution in [2.24, 2.45) is 0 Å². The summed E-state index contributed by atoms with van der Waals surface area (Å²) in [6.07, 6.45) is 0. The van der Waals surface area contributed by atoms with E-state index in [1.54, 1.807) is 0 Å². The lowest BCUT2D eigenvalue weighted by Gasteiger charge is -2.33. The van der Waals surface area contributed by atoms with Crippen LogP contribution < -0.4 is 12.4 Å². The molecule has 0 N–H and O–H groups in total. The Labute approximate surface area is 156 Å². The molecule has 0 bridgehead atoms. The first-order valence-electron chi connectivity index (χ1n) is 8.68. The van der Waals surface area contributed by atoms with Gasteiger partial charge >= 0.3 is 0 Å². The van der Waals surface area contributed by atoms with Gasteiger partial charge in [0.1, 0.15) is 6.54 Å². The number of hydrogen-bond donors (Lipinski definition) is 0. The second-order valence-corrected chi connectivity index (χ2v) is 7.49. The van der Waals surface area contributed by atoms with E-state index in [0.717, 1.165) is 17.6 Å². The van der Waals surface area contributed by atoms with Crippen LogP contribution in [0, 0.1) is 0 Å². The highest BCUT2D eigenvalue weighted by Crippen LogP contribution is 2.45. The summed E-state index contributed by atoms with van der Waals surface area (Å²) in [5, 5.41) is 0. The first kappa shape index (κ1) is 17.7. The topological polar surface area (TPSA) is 0 Å². The molecule has 4 rings (SSSR count). The highest BCUT2D eigenvalue weighted by Gasteiger charge is 2.33. The van der Waals surface area contributed by atoms with Gasteiger partial charge in [0.05, 0.1) is 26.6 Å². The molecule has 1 aliphatic carbocycles. The second kappa shape index (κ2) is 7.03. The average Bonchev–Trinajstić information content (AvgIpc) is 2.90. The van der Waals surface area contributed by atoms with Crippen molar-refractivity contribution < 1.29 is 16.9 Å². The largest absolute Gasteiger partial charge is 1.00 e. The van der Waals surface area contributed by atoms with Crippen molar-refractivity contribution >= 4 is 0 Å². The van der Waals surface area contributed by atoms with Crippen molar-refractivity contribution in [2.75, 3.05) is 20.6 Å². The lowest BCUT2D eigenvalue weighted by atomic mass is 9.95. The van der Waals surface area contributed by atoms with Gasteiger partial charge < -0.3 is 16.9 Å². The zero-order valence-corrected chi connectivity index (χ0v) is 15.6. The SMILES string of the molecule is C[N+](C)(Cc1ccccc1)CC1c2ccccc2-c2ccccc21.[Cl-]. The van der Waals surface area contributed by atoms with E-state index in [-0.39, 0.29) is 12.4 Å². The Morgan fingerprint density at radius 1 is 0.680 bits per heavy atom. The smallest absolute Gasteiger partial charge is 0.104 e. The van der Waals surface area contributed by atoms with Gasteiger partial charge in [0.25, 0.3) is 0 Å². The molecule has 0 radical (unpaired) electrons. The van der Waals surface area contributed by atoms with Crippen LogP contribution >= 0.6 is 0 Å². The molecule has 3 aromatic rings. The summed E-state index contributed by atoms with van der Waals surface area (Å²) < 4.78 is 0.983. The average molecular weight is 350 g/mol. The standard InChI is InChI=1S/C23H24N.ClH/c1-24(2,16-18-10-4-3-5-11-18)17-23-21-14-8-6-12-19(21)20-13-7-9-15-22(20)23;/h3-15,23H,16-17H2,1-2H3;1H/q+1;/p-1. The number of quaternary nitrogens is 1. The fraction of sp³-hybridized carbons (Fsp3) is 0.217. The van der Waals surface area contributed by atoms with Crippen LogP contribution in [0.3, 0.4) is 0 Å². The molecule has 25 heavy (non-hydrogen) atoms. The summed E-state index contributed by atoms with van der Waals surface area (Å²) >= 11 is 0. The number of rotatable bonds is 4. The Morgan fingerprint density at radius 3 is 1.72 bits per heavy atom. The highest BCUT2D eigenvalue weighted by atomic mass is 35.5. The Kier molecular flexibility index (Phi) is 4.99. The van der Waals surface area contributed by atoms with Crippen LogP contribution in [-0.4, -0.2) is 25.1 Å². The minimum atomic E-state index is 0. The minimum absolute atomic E-state index is 0. The van der Waals surface area contributed by atoms with E-state index in [0.29, 0.717) is 5.92 Å². The van der Waals surface area contributed by atoms with Crippen molar-refractivity contribution in [1.82, 2.24) is 0 Å². The Hall–Kier alpha value is -2.09. The number of fused-ring (bicyclic) bond motifs is 3. The molecule has 2 heteroatoms. The predicted molar refractivity (Wildman–Crippen MR) is 101 cm³/mol. The van der Waals surface area contributed by atoms with E-state index in [4.69, 9.17) is 0 Å². The lowest BCUT2D eigenvalue weighted by Crippen LogP contribution is -3.00. The number of hydrogen-bond acceptors (Lipinski definition) is 0. The number of likely N-dealkylation sites (N-methyl/N-ethyl adjacent to an activating group) is 1. The van der Waals surface area contributed by atoms with Crippen molar-refractivity contribution in [2.45, 2.75) is 12.5 Å². The summed E-state index contributed by atoms with van der Waals surface area (Å²) in [5.41, 5.74) is 7.20. The van der Waals surface area contributed by atoms with Gasteiger partial charge in [0.15, 0.2) is 0 Å². The molecule has 0 atom stereocenters. The van der Waals surface area contributed by atoms with Crippen LogP contribution in [0.2, 0.25) is 0 Å². The van der Waals surface area contributed by atoms with Gasteiger partial charge in [-0.2, -0.15) is 0 Å². The molecule has 0 unspecified atom stereocenters. The third kappa shape index (κ3) is 3.49. The van der Waals surface area contributed by atoms with Gasteiger partial charge in [-0.05, 0) is 22.3 Å². The number of benzene rings is 3. The summed E-state index contributed by atoms with van der Waals surface area (Å²) in [6, 6.07) is 28.6. The maximum absolute atomic E-state index is 2.34. The minimum Gasteiger partial charge on any atom is -1.00 e. The molecule has 0 fully saturated rings. The molecule has 1 nitrogen and oxygen atoms in total. The van der Waals surface area contributed by atoms with Gasteiger partial charge in [0, 0.05) is 5.56 Å². The Morgan fingerprint density at radius 2 is 1.16 bits per heavy atom. The van der Waals surface area contributed by atoms with Gasteiger partial charge in [-0.25, -0.2) is 0 Å². The molecule has 0 amide bonds. The second-order valence-electron chi connectivity index (χ2n) is 7.49. The highest BCUT2D eigenvalue weighted by molar-refractivity contribution is 5.78. The molecule has 0 saturated heterocycles. The maximum atomic E-state index is 2.34. The molecular formula is C23H24ClN. The molecule has 0 aromatic heterocycles. The normalized spacial score (nSPS) is 13.0. The summed E-state index contributed by atoms with van der Waals surface area (Å²) in [5.74, 6) is 0.483. The summed E-state index contributed by atoms with van der Waals surface area (Å²) in [6.45, 7) is 2.17.